The summed E-state index contributed by atoms with van der Waals surface area (Å²) in [5, 5.41) is 0.810. The number of hydrogen-bond donors (Lipinski definition) is 0. The Balaban J connectivity index is 0.935. The van der Waals surface area contributed by atoms with E-state index in [0.29, 0.717) is 56.7 Å². The van der Waals surface area contributed by atoms with E-state index in [4.69, 9.17) is 0 Å². The van der Waals surface area contributed by atoms with Crippen LogP contribution in [0.25, 0.3) is 44.2 Å². The van der Waals surface area contributed by atoms with Gasteiger partial charge in [0.05, 0.1) is 47.9 Å². The molecule has 0 aliphatic heterocycles. The quantitative estimate of drug-likeness (QED) is 0.165. The zero-order chi connectivity index (χ0) is 36.5. The molecule has 5 heterocycles. The fraction of sp³-hybridized carbons (Fsp3) is 0.0976. The first-order valence-electron chi connectivity index (χ1n) is 16.7. The number of hydrogen-bond acceptors (Lipinski definition) is 8. The van der Waals surface area contributed by atoms with Gasteiger partial charge in [0, 0.05) is 42.3 Å². The smallest absolute Gasteiger partial charge is 0.263 e. The second-order valence-electron chi connectivity index (χ2n) is 12.7. The number of anilines is 1. The van der Waals surface area contributed by atoms with Crippen molar-refractivity contribution in [2.75, 3.05) is 11.9 Å². The molecule has 53 heavy (non-hydrogen) atoms. The van der Waals surface area contributed by atoms with Gasteiger partial charge in [-0.15, -0.1) is 0 Å². The maximum Gasteiger partial charge on any atom is 0.263 e. The first-order chi connectivity index (χ1) is 25.8. The van der Waals surface area contributed by atoms with Crippen LogP contribution in [0.5, 0.6) is 0 Å². The lowest BCUT2D eigenvalue weighted by Gasteiger charge is -2.18. The minimum absolute atomic E-state index is 0.0253. The third kappa shape index (κ3) is 6.77. The molecule has 0 saturated heterocycles. The number of para-hydroxylation sites is 1. The van der Waals surface area contributed by atoms with Crippen LogP contribution in [0.1, 0.15) is 16.8 Å². The maximum atomic E-state index is 15.2. The van der Waals surface area contributed by atoms with E-state index < -0.39 is 11.6 Å². The Morgan fingerprint density at radius 2 is 1.28 bits per heavy atom. The fourth-order valence-corrected chi connectivity index (χ4v) is 6.23. The van der Waals surface area contributed by atoms with E-state index in [2.05, 4.69) is 24.9 Å². The van der Waals surface area contributed by atoms with Crippen LogP contribution < -0.4 is 16.0 Å². The predicted octanol–water partition coefficient (Wildman–Crippen LogP) is 6.64. The summed E-state index contributed by atoms with van der Waals surface area (Å²) in [6.07, 6.45) is 7.80. The van der Waals surface area contributed by atoms with Crippen LogP contribution in [0.15, 0.2) is 138 Å². The number of rotatable bonds is 9. The molecule has 0 aliphatic carbocycles. The van der Waals surface area contributed by atoms with E-state index in [1.165, 1.54) is 33.9 Å². The van der Waals surface area contributed by atoms with Gasteiger partial charge in [-0.1, -0.05) is 36.4 Å². The molecule has 12 heteroatoms. The van der Waals surface area contributed by atoms with E-state index in [-0.39, 0.29) is 24.2 Å². The highest BCUT2D eigenvalue weighted by Gasteiger charge is 2.14. The number of halogens is 2. The Labute approximate surface area is 301 Å². The largest absolute Gasteiger partial charge is 0.354 e. The molecule has 0 N–H and O–H groups in total. The molecule has 0 fully saturated rings. The van der Waals surface area contributed by atoms with Crippen LogP contribution in [0.4, 0.5) is 14.6 Å². The number of benzene rings is 3. The number of nitrogens with zero attached hydrogens (tertiary/aromatic N) is 8. The molecule has 8 aromatic rings. The van der Waals surface area contributed by atoms with Crippen molar-refractivity contribution in [2.24, 2.45) is 0 Å². The summed E-state index contributed by atoms with van der Waals surface area (Å²) in [4.78, 5) is 50.0. The third-order valence-electron chi connectivity index (χ3n) is 9.15. The maximum absolute atomic E-state index is 15.2. The van der Waals surface area contributed by atoms with E-state index in [9.17, 15) is 9.59 Å². The van der Waals surface area contributed by atoms with Crippen molar-refractivity contribution in [3.63, 3.8) is 0 Å². The summed E-state index contributed by atoms with van der Waals surface area (Å²) >= 11 is 0. The van der Waals surface area contributed by atoms with Crippen LogP contribution in [0.2, 0.25) is 0 Å². The number of fused-ring (bicyclic) bond motifs is 2. The molecule has 0 bridgehead atoms. The minimum Gasteiger partial charge on any atom is -0.354 e. The Hall–Kier alpha value is -6.95. The van der Waals surface area contributed by atoms with Gasteiger partial charge < -0.3 is 4.90 Å². The van der Waals surface area contributed by atoms with E-state index in [1.807, 2.05) is 36.2 Å². The van der Waals surface area contributed by atoms with Crippen LogP contribution in [-0.2, 0) is 19.6 Å². The molecule has 260 valence electrons. The highest BCUT2D eigenvalue weighted by Crippen LogP contribution is 2.25. The Bertz CT molecular complexity index is 2750. The van der Waals surface area contributed by atoms with E-state index in [0.717, 1.165) is 16.7 Å². The van der Waals surface area contributed by atoms with Crippen molar-refractivity contribution in [3.05, 3.63) is 177 Å². The molecule has 8 rings (SSSR count). The van der Waals surface area contributed by atoms with Gasteiger partial charge in [0.25, 0.3) is 11.1 Å². The molecule has 3 aromatic carbocycles. The average molecular weight is 705 g/mol. The highest BCUT2D eigenvalue weighted by atomic mass is 19.1. The van der Waals surface area contributed by atoms with E-state index >= 15 is 8.78 Å². The molecule has 0 saturated carbocycles. The molecule has 0 unspecified atom stereocenters. The molecule has 0 radical (unpaired) electrons. The van der Waals surface area contributed by atoms with Crippen molar-refractivity contribution in [1.82, 2.24) is 34.1 Å². The summed E-state index contributed by atoms with van der Waals surface area (Å²) in [7, 11) is 1.87. The van der Waals surface area contributed by atoms with Gasteiger partial charge in [-0.25, -0.2) is 28.7 Å². The summed E-state index contributed by atoms with van der Waals surface area (Å²) in [5.74, 6) is -0.190. The van der Waals surface area contributed by atoms with Gasteiger partial charge in [0.2, 0.25) is 0 Å². The minimum atomic E-state index is -0.436. The Kier molecular flexibility index (Phi) is 8.77. The van der Waals surface area contributed by atoms with Gasteiger partial charge in [0.15, 0.2) is 5.65 Å². The summed E-state index contributed by atoms with van der Waals surface area (Å²) in [6, 6.07) is 27.7. The molecule has 0 spiro atoms. The lowest BCUT2D eigenvalue weighted by atomic mass is 10.0. The van der Waals surface area contributed by atoms with Crippen molar-refractivity contribution in [3.8, 4) is 22.3 Å². The van der Waals surface area contributed by atoms with Crippen LogP contribution >= 0.6 is 0 Å². The predicted molar refractivity (Wildman–Crippen MR) is 199 cm³/mol. The molecule has 0 aliphatic rings. The SMILES string of the molecule is CN(Cc1ccc2c(=O)n(Cc3ccc(-c4ccncc4)cc3F)cnc2n1)c1ccc(-c2ccc(Cn3cnc4ccccc4c3=O)c(F)c2)cn1. The first kappa shape index (κ1) is 33.2. The van der Waals surface area contributed by atoms with Crippen molar-refractivity contribution in [1.29, 1.82) is 0 Å². The number of pyridine rings is 3. The second-order valence-corrected chi connectivity index (χ2v) is 12.7. The molecular formula is C41H30F2N8O2. The van der Waals surface area contributed by atoms with Gasteiger partial charge >= 0.3 is 0 Å². The molecule has 0 atom stereocenters. The topological polar surface area (TPSA) is 112 Å². The van der Waals surface area contributed by atoms with Crippen LogP contribution in [0, 0.1) is 11.6 Å². The normalized spacial score (nSPS) is 11.3. The zero-order valence-electron chi connectivity index (χ0n) is 28.4. The standard InChI is InChI=1S/C41H30F2N8O2/c1-49(38-13-10-29(20-45-38)28-7-9-31(36(43)19-28)21-50-24-46-37-5-3-2-4-33(37)40(50)52)23-32-11-12-34-39(48-32)47-25-51(41(34)53)22-30-8-6-27(18-35(30)42)26-14-16-44-17-15-26/h2-20,24-25H,21-23H2,1H3. The summed E-state index contributed by atoms with van der Waals surface area (Å²) in [6.45, 7) is 0.466. The lowest BCUT2D eigenvalue weighted by molar-refractivity contribution is 0.595. The average Bonchev–Trinajstić information content (AvgIpc) is 3.19. The Morgan fingerprint density at radius 1 is 0.642 bits per heavy atom. The first-order valence-corrected chi connectivity index (χ1v) is 16.7. The Morgan fingerprint density at radius 3 is 1.96 bits per heavy atom. The summed E-state index contributed by atoms with van der Waals surface area (Å²) in [5.41, 5.74) is 4.70. The van der Waals surface area contributed by atoms with Crippen molar-refractivity contribution >= 4 is 27.8 Å². The fourth-order valence-electron chi connectivity index (χ4n) is 6.23. The third-order valence-corrected chi connectivity index (χ3v) is 9.15. The second kappa shape index (κ2) is 14.0. The molecule has 10 nitrogen and oxygen atoms in total. The highest BCUT2D eigenvalue weighted by molar-refractivity contribution is 5.77. The van der Waals surface area contributed by atoms with Crippen LogP contribution in [0.3, 0.4) is 0 Å². The van der Waals surface area contributed by atoms with Crippen molar-refractivity contribution < 1.29 is 8.78 Å². The molecule has 5 aromatic heterocycles. The molecular weight excluding hydrogens is 675 g/mol. The van der Waals surface area contributed by atoms with Gasteiger partial charge in [0.1, 0.15) is 23.8 Å². The molecule has 0 amide bonds. The summed E-state index contributed by atoms with van der Waals surface area (Å²) < 4.78 is 33.0. The zero-order valence-corrected chi connectivity index (χ0v) is 28.4. The van der Waals surface area contributed by atoms with Crippen molar-refractivity contribution in [2.45, 2.75) is 19.6 Å². The van der Waals surface area contributed by atoms with Gasteiger partial charge in [-0.05, 0) is 77.4 Å². The monoisotopic (exact) mass is 704 g/mol. The van der Waals surface area contributed by atoms with E-state index in [1.54, 1.807) is 79.3 Å². The van der Waals surface area contributed by atoms with Gasteiger partial charge in [-0.2, -0.15) is 0 Å². The van der Waals surface area contributed by atoms with Gasteiger partial charge in [-0.3, -0.25) is 23.7 Å². The lowest BCUT2D eigenvalue weighted by Crippen LogP contribution is -2.23. The number of aromatic nitrogens is 7. The van der Waals surface area contributed by atoms with Crippen LogP contribution in [-0.4, -0.2) is 41.1 Å².